The largest absolute Gasteiger partial charge is 0.301 e. The highest BCUT2D eigenvalue weighted by Crippen LogP contribution is 2.25. The summed E-state index contributed by atoms with van der Waals surface area (Å²) < 4.78 is 13.9. The van der Waals surface area contributed by atoms with Crippen molar-refractivity contribution in [1.82, 2.24) is 14.8 Å². The Bertz CT molecular complexity index is 561. The number of likely N-dealkylation sites (N-methyl/N-ethyl adjacent to an activating group) is 1. The molecule has 0 amide bonds. The Hall–Kier alpha value is -1.30. The van der Waals surface area contributed by atoms with Gasteiger partial charge in [-0.2, -0.15) is 0 Å². The number of hydrogen-bond donors (Lipinski definition) is 0. The Morgan fingerprint density at radius 3 is 2.91 bits per heavy atom. The van der Waals surface area contributed by atoms with Crippen LogP contribution in [0.15, 0.2) is 42.0 Å². The van der Waals surface area contributed by atoms with Gasteiger partial charge in [-0.15, -0.1) is 11.3 Å². The van der Waals surface area contributed by atoms with Crippen molar-refractivity contribution >= 4 is 11.3 Å². The number of pyridine rings is 1. The number of halogens is 1. The topological polar surface area (TPSA) is 19.4 Å². The second kappa shape index (κ2) is 7.31. The molecular weight excluding hydrogens is 297 g/mol. The molecule has 1 saturated heterocycles. The van der Waals surface area contributed by atoms with Crippen LogP contribution < -0.4 is 0 Å². The molecule has 0 aliphatic carbocycles. The van der Waals surface area contributed by atoms with Crippen LogP contribution in [0.4, 0.5) is 4.39 Å². The lowest BCUT2D eigenvalue weighted by atomic mass is 10.2. The molecule has 118 valence electrons. The van der Waals surface area contributed by atoms with Crippen molar-refractivity contribution in [2.24, 2.45) is 0 Å². The van der Waals surface area contributed by atoms with E-state index >= 15 is 0 Å². The molecule has 1 aliphatic heterocycles. The molecule has 2 aromatic rings. The van der Waals surface area contributed by atoms with Gasteiger partial charge in [0.25, 0.3) is 0 Å². The monoisotopic (exact) mass is 319 g/mol. The predicted molar refractivity (Wildman–Crippen MR) is 88.6 cm³/mol. The zero-order chi connectivity index (χ0) is 15.4. The molecule has 0 unspecified atom stereocenters. The third-order valence-electron chi connectivity index (χ3n) is 4.14. The lowest BCUT2D eigenvalue weighted by Crippen LogP contribution is -2.38. The summed E-state index contributed by atoms with van der Waals surface area (Å²) in [5, 5.41) is 2.09. The van der Waals surface area contributed by atoms with E-state index in [-0.39, 0.29) is 0 Å². The summed E-state index contributed by atoms with van der Waals surface area (Å²) in [6.07, 6.45) is 3.59. The summed E-state index contributed by atoms with van der Waals surface area (Å²) in [5.41, 5.74) is 1.25. The van der Waals surface area contributed by atoms with Crippen LogP contribution in [0, 0.1) is 0 Å². The van der Waals surface area contributed by atoms with Gasteiger partial charge in [-0.1, -0.05) is 6.07 Å². The molecule has 2 aromatic heterocycles. The second-order valence-corrected chi connectivity index (χ2v) is 7.08. The Labute approximate surface area is 135 Å². The molecule has 0 radical (unpaired) electrons. The van der Waals surface area contributed by atoms with Gasteiger partial charge in [-0.3, -0.25) is 9.88 Å². The molecule has 1 aliphatic rings. The molecule has 3 nitrogen and oxygen atoms in total. The molecule has 3 rings (SSSR count). The van der Waals surface area contributed by atoms with Crippen LogP contribution >= 0.6 is 11.3 Å². The summed E-state index contributed by atoms with van der Waals surface area (Å²) in [6.45, 7) is 3.20. The Balaban J connectivity index is 1.57. The fraction of sp³-hybridized carbons (Fsp3) is 0.471. The van der Waals surface area contributed by atoms with Gasteiger partial charge >= 0.3 is 0 Å². The van der Waals surface area contributed by atoms with Crippen LogP contribution in [0.1, 0.15) is 16.9 Å². The number of nitrogens with zero attached hydrogens (tertiary/aromatic N) is 3. The average molecular weight is 319 g/mol. The summed E-state index contributed by atoms with van der Waals surface area (Å²) in [4.78, 5) is 9.93. The van der Waals surface area contributed by atoms with Crippen molar-refractivity contribution in [1.29, 1.82) is 0 Å². The van der Waals surface area contributed by atoms with Crippen molar-refractivity contribution in [3.63, 3.8) is 0 Å². The number of aromatic nitrogens is 1. The van der Waals surface area contributed by atoms with Gasteiger partial charge in [0, 0.05) is 49.5 Å². The number of hydrogen-bond acceptors (Lipinski definition) is 4. The van der Waals surface area contributed by atoms with E-state index in [9.17, 15) is 4.39 Å². The van der Waals surface area contributed by atoms with E-state index in [0.717, 1.165) is 19.6 Å². The SMILES string of the molecule is CN(Cc1ccncc1)C[C@@H]1C[C@H](F)CN1Cc1cccs1. The van der Waals surface area contributed by atoms with Gasteiger partial charge in [0.1, 0.15) is 6.17 Å². The van der Waals surface area contributed by atoms with E-state index in [0.29, 0.717) is 19.0 Å². The molecule has 0 N–H and O–H groups in total. The number of alkyl halides is 1. The number of rotatable bonds is 6. The third kappa shape index (κ3) is 4.12. The Kier molecular flexibility index (Phi) is 5.18. The Morgan fingerprint density at radius 2 is 2.18 bits per heavy atom. The lowest BCUT2D eigenvalue weighted by Gasteiger charge is -2.28. The quantitative estimate of drug-likeness (QED) is 0.815. The molecular formula is C17H22FN3S. The lowest BCUT2D eigenvalue weighted by molar-refractivity contribution is 0.182. The molecule has 0 saturated carbocycles. The van der Waals surface area contributed by atoms with Gasteiger partial charge in [-0.25, -0.2) is 4.39 Å². The average Bonchev–Trinajstić information content (AvgIpc) is 3.11. The maximum absolute atomic E-state index is 13.9. The minimum atomic E-state index is -0.695. The zero-order valence-corrected chi connectivity index (χ0v) is 13.7. The summed E-state index contributed by atoms with van der Waals surface area (Å²) in [6, 6.07) is 8.56. The first-order valence-corrected chi connectivity index (χ1v) is 8.56. The molecule has 5 heteroatoms. The zero-order valence-electron chi connectivity index (χ0n) is 12.9. The van der Waals surface area contributed by atoms with Crippen LogP contribution in [0.25, 0.3) is 0 Å². The first-order valence-electron chi connectivity index (χ1n) is 7.68. The van der Waals surface area contributed by atoms with Crippen molar-refractivity contribution in [2.75, 3.05) is 20.1 Å². The van der Waals surface area contributed by atoms with Crippen molar-refractivity contribution < 1.29 is 4.39 Å². The smallest absolute Gasteiger partial charge is 0.114 e. The van der Waals surface area contributed by atoms with Gasteiger partial charge < -0.3 is 4.90 Å². The van der Waals surface area contributed by atoms with E-state index in [1.165, 1.54) is 10.4 Å². The molecule has 22 heavy (non-hydrogen) atoms. The van der Waals surface area contributed by atoms with Crippen LogP contribution in [-0.4, -0.2) is 47.1 Å². The van der Waals surface area contributed by atoms with Crippen LogP contribution in [-0.2, 0) is 13.1 Å². The highest BCUT2D eigenvalue weighted by molar-refractivity contribution is 7.09. The van der Waals surface area contributed by atoms with Crippen molar-refractivity contribution in [2.45, 2.75) is 31.7 Å². The maximum Gasteiger partial charge on any atom is 0.114 e. The summed E-state index contributed by atoms with van der Waals surface area (Å²) in [7, 11) is 2.11. The number of thiophene rings is 1. The van der Waals surface area contributed by atoms with Crippen molar-refractivity contribution in [3.8, 4) is 0 Å². The second-order valence-electron chi connectivity index (χ2n) is 6.05. The fourth-order valence-corrected chi connectivity index (χ4v) is 3.86. The van der Waals surface area contributed by atoms with Crippen molar-refractivity contribution in [3.05, 3.63) is 52.5 Å². The summed E-state index contributed by atoms with van der Waals surface area (Å²) in [5.74, 6) is 0. The summed E-state index contributed by atoms with van der Waals surface area (Å²) >= 11 is 1.75. The first-order chi connectivity index (χ1) is 10.7. The van der Waals surface area contributed by atoms with Crippen LogP contribution in [0.2, 0.25) is 0 Å². The van der Waals surface area contributed by atoms with Gasteiger partial charge in [0.05, 0.1) is 0 Å². The van der Waals surface area contributed by atoms with E-state index < -0.39 is 6.17 Å². The Morgan fingerprint density at radius 1 is 1.36 bits per heavy atom. The molecule has 1 fully saturated rings. The third-order valence-corrected chi connectivity index (χ3v) is 5.00. The molecule has 3 heterocycles. The van der Waals surface area contributed by atoms with E-state index in [2.05, 4.69) is 39.3 Å². The first kappa shape index (κ1) is 15.6. The van der Waals surface area contributed by atoms with Crippen LogP contribution in [0.5, 0.6) is 0 Å². The minimum Gasteiger partial charge on any atom is -0.301 e. The van der Waals surface area contributed by atoms with Crippen LogP contribution in [0.3, 0.4) is 0 Å². The van der Waals surface area contributed by atoms with Gasteiger partial charge in [-0.05, 0) is 42.6 Å². The van der Waals surface area contributed by atoms with E-state index in [1.807, 2.05) is 24.5 Å². The standard InChI is InChI=1S/C17H22FN3S/c1-20(10-14-4-6-19-7-5-14)12-16-9-15(18)11-21(16)13-17-3-2-8-22-17/h2-8,15-16H,9-13H2,1H3/t15-,16-/m0/s1. The predicted octanol–water partition coefficient (Wildman–Crippen LogP) is 3.19. The normalized spacial score (nSPS) is 22.5. The highest BCUT2D eigenvalue weighted by Gasteiger charge is 2.32. The van der Waals surface area contributed by atoms with Gasteiger partial charge in [0.15, 0.2) is 0 Å². The molecule has 0 aromatic carbocycles. The number of likely N-dealkylation sites (tertiary alicyclic amines) is 1. The molecule has 0 bridgehead atoms. The van der Waals surface area contributed by atoms with E-state index in [4.69, 9.17) is 0 Å². The van der Waals surface area contributed by atoms with E-state index in [1.54, 1.807) is 11.3 Å². The minimum absolute atomic E-state index is 0.295. The fourth-order valence-electron chi connectivity index (χ4n) is 3.13. The molecule has 0 spiro atoms. The molecule has 2 atom stereocenters. The highest BCUT2D eigenvalue weighted by atomic mass is 32.1. The van der Waals surface area contributed by atoms with Gasteiger partial charge in [0.2, 0.25) is 0 Å². The maximum atomic E-state index is 13.9.